The zero-order valence-electron chi connectivity index (χ0n) is 16.2. The molecule has 0 aliphatic heterocycles. The Hall–Kier alpha value is -3.92. The first-order chi connectivity index (χ1) is 15.0. The smallest absolute Gasteiger partial charge is 0.278 e. The van der Waals surface area contributed by atoms with E-state index in [0.717, 1.165) is 22.7 Å². The molecule has 0 aliphatic rings. The van der Waals surface area contributed by atoms with Gasteiger partial charge >= 0.3 is 0 Å². The lowest BCUT2D eigenvalue weighted by molar-refractivity contribution is -0.384. The van der Waals surface area contributed by atoms with E-state index in [0.29, 0.717) is 21.9 Å². The first-order valence-corrected chi connectivity index (χ1v) is 10.3. The second kappa shape index (κ2) is 8.44. The van der Waals surface area contributed by atoms with Crippen LogP contribution in [0.15, 0.2) is 71.1 Å². The number of rotatable bonds is 7. The topological polar surface area (TPSA) is 123 Å². The van der Waals surface area contributed by atoms with E-state index in [2.05, 4.69) is 21.9 Å². The molecule has 0 atom stereocenters. The Labute approximate surface area is 179 Å². The van der Waals surface area contributed by atoms with Gasteiger partial charge in [-0.05, 0) is 12.1 Å². The monoisotopic (exact) mass is 435 g/mol. The summed E-state index contributed by atoms with van der Waals surface area (Å²) < 4.78 is 1.45. The summed E-state index contributed by atoms with van der Waals surface area (Å²) in [4.78, 5) is 43.5. The highest BCUT2D eigenvalue weighted by molar-refractivity contribution is 7.99. The Morgan fingerprint density at radius 1 is 1.29 bits per heavy atom. The summed E-state index contributed by atoms with van der Waals surface area (Å²) in [6.45, 7) is 3.94. The van der Waals surface area contributed by atoms with Crippen molar-refractivity contribution in [3.8, 4) is 0 Å². The first kappa shape index (κ1) is 20.4. The minimum atomic E-state index is -0.529. The van der Waals surface area contributed by atoms with Crippen LogP contribution in [0.5, 0.6) is 0 Å². The van der Waals surface area contributed by atoms with E-state index in [9.17, 15) is 19.7 Å². The van der Waals surface area contributed by atoms with E-state index in [1.165, 1.54) is 22.8 Å². The second-order valence-corrected chi connectivity index (χ2v) is 7.58. The number of allylic oxidation sites excluding steroid dienone is 1. The summed E-state index contributed by atoms with van der Waals surface area (Å²) in [5.74, 6) is -0.399. The van der Waals surface area contributed by atoms with Crippen LogP contribution in [-0.2, 0) is 11.3 Å². The molecule has 0 spiro atoms. The molecular formula is C21H17N5O4S. The van der Waals surface area contributed by atoms with Gasteiger partial charge in [-0.25, -0.2) is 4.98 Å². The number of H-pyrrole nitrogens is 1. The van der Waals surface area contributed by atoms with Crippen molar-refractivity contribution in [2.75, 3.05) is 11.1 Å². The van der Waals surface area contributed by atoms with Gasteiger partial charge in [-0.1, -0.05) is 42.1 Å². The number of amides is 1. The number of aromatic nitrogens is 3. The molecule has 4 rings (SSSR count). The van der Waals surface area contributed by atoms with Gasteiger partial charge in [-0.3, -0.25) is 24.3 Å². The van der Waals surface area contributed by atoms with E-state index in [-0.39, 0.29) is 29.5 Å². The minimum absolute atomic E-state index is 0.0276. The predicted octanol–water partition coefficient (Wildman–Crippen LogP) is 3.70. The number of thioether (sulfide) groups is 1. The molecule has 2 heterocycles. The third-order valence-corrected chi connectivity index (χ3v) is 5.54. The number of para-hydroxylation sites is 1. The van der Waals surface area contributed by atoms with Crippen LogP contribution in [0, 0.1) is 10.1 Å². The number of hydrogen-bond donors (Lipinski definition) is 2. The zero-order valence-corrected chi connectivity index (χ0v) is 17.0. The second-order valence-electron chi connectivity index (χ2n) is 6.64. The fourth-order valence-electron chi connectivity index (χ4n) is 3.20. The Kier molecular flexibility index (Phi) is 5.54. The highest BCUT2D eigenvalue weighted by Gasteiger charge is 2.16. The van der Waals surface area contributed by atoms with Gasteiger partial charge in [0, 0.05) is 35.3 Å². The number of nitro benzene ring substituents is 1. The molecule has 2 N–H and O–H groups in total. The highest BCUT2D eigenvalue weighted by atomic mass is 32.2. The van der Waals surface area contributed by atoms with Crippen LogP contribution in [-0.4, -0.2) is 31.1 Å². The van der Waals surface area contributed by atoms with Gasteiger partial charge in [-0.2, -0.15) is 0 Å². The van der Waals surface area contributed by atoms with Crippen molar-refractivity contribution in [3.05, 3.63) is 81.7 Å². The fourth-order valence-corrected chi connectivity index (χ4v) is 4.00. The van der Waals surface area contributed by atoms with E-state index < -0.39 is 4.92 Å². The van der Waals surface area contributed by atoms with Crippen molar-refractivity contribution in [1.29, 1.82) is 0 Å². The SMILES string of the molecule is C=CCn1c(SCC(=O)Nc2cccc([N+](=O)[O-])c2)nc2c([nH]c3ccccc32)c1=O. The normalized spacial score (nSPS) is 11.0. The Morgan fingerprint density at radius 2 is 2.10 bits per heavy atom. The molecule has 2 aromatic heterocycles. The number of hydrogen-bond acceptors (Lipinski definition) is 6. The number of nitrogens with zero attached hydrogens (tertiary/aromatic N) is 3. The Bertz CT molecular complexity index is 1390. The summed E-state index contributed by atoms with van der Waals surface area (Å²) in [5.41, 5.74) is 1.71. The summed E-state index contributed by atoms with van der Waals surface area (Å²) >= 11 is 1.11. The molecule has 0 fully saturated rings. The van der Waals surface area contributed by atoms with Gasteiger partial charge < -0.3 is 10.3 Å². The van der Waals surface area contributed by atoms with Gasteiger partial charge in [0.05, 0.1) is 10.7 Å². The predicted molar refractivity (Wildman–Crippen MR) is 121 cm³/mol. The molecule has 0 unspecified atom stereocenters. The number of anilines is 1. The highest BCUT2D eigenvalue weighted by Crippen LogP contribution is 2.25. The number of carbonyl (C=O) groups excluding carboxylic acids is 1. The van der Waals surface area contributed by atoms with Gasteiger partial charge in [0.1, 0.15) is 11.0 Å². The average Bonchev–Trinajstić information content (AvgIpc) is 3.13. The van der Waals surface area contributed by atoms with Gasteiger partial charge in [0.15, 0.2) is 5.16 Å². The van der Waals surface area contributed by atoms with Crippen LogP contribution >= 0.6 is 11.8 Å². The molecule has 0 saturated heterocycles. The quantitative estimate of drug-likeness (QED) is 0.150. The largest absolute Gasteiger partial charge is 0.349 e. The van der Waals surface area contributed by atoms with Crippen molar-refractivity contribution in [3.63, 3.8) is 0 Å². The Morgan fingerprint density at radius 3 is 2.87 bits per heavy atom. The minimum Gasteiger partial charge on any atom is -0.349 e. The molecule has 2 aromatic carbocycles. The van der Waals surface area contributed by atoms with Crippen molar-refractivity contribution < 1.29 is 9.72 Å². The van der Waals surface area contributed by atoms with Crippen LogP contribution in [0.1, 0.15) is 0 Å². The number of nitrogens with one attached hydrogen (secondary N) is 2. The maximum atomic E-state index is 13.0. The van der Waals surface area contributed by atoms with Crippen molar-refractivity contribution >= 4 is 51.0 Å². The molecule has 156 valence electrons. The van der Waals surface area contributed by atoms with Crippen molar-refractivity contribution in [2.45, 2.75) is 11.7 Å². The van der Waals surface area contributed by atoms with Gasteiger partial charge in [0.2, 0.25) is 5.91 Å². The molecule has 0 saturated carbocycles. The van der Waals surface area contributed by atoms with Crippen molar-refractivity contribution in [1.82, 2.24) is 14.5 Å². The average molecular weight is 435 g/mol. The standard InChI is InChI=1S/C21H17N5O4S/c1-2-10-25-20(28)19-18(15-8-3-4-9-16(15)23-19)24-21(25)31-12-17(27)22-13-6-5-7-14(11-13)26(29)30/h2-9,11,23H,1,10,12H2,(H,22,27). The third-order valence-electron chi connectivity index (χ3n) is 4.56. The van der Waals surface area contributed by atoms with Gasteiger partial charge in [-0.15, -0.1) is 6.58 Å². The van der Waals surface area contributed by atoms with Crippen molar-refractivity contribution in [2.24, 2.45) is 0 Å². The van der Waals surface area contributed by atoms with E-state index in [1.807, 2.05) is 24.3 Å². The van der Waals surface area contributed by atoms with Crippen LogP contribution in [0.2, 0.25) is 0 Å². The number of non-ortho nitro benzene ring substituents is 1. The third kappa shape index (κ3) is 4.05. The number of carbonyl (C=O) groups is 1. The lowest BCUT2D eigenvalue weighted by Crippen LogP contribution is -2.23. The van der Waals surface area contributed by atoms with Crippen LogP contribution in [0.25, 0.3) is 21.9 Å². The van der Waals surface area contributed by atoms with Gasteiger partial charge in [0.25, 0.3) is 11.2 Å². The van der Waals surface area contributed by atoms with Crippen LogP contribution < -0.4 is 10.9 Å². The lowest BCUT2D eigenvalue weighted by Gasteiger charge is -2.10. The number of fused-ring (bicyclic) bond motifs is 3. The molecule has 9 nitrogen and oxygen atoms in total. The molecular weight excluding hydrogens is 418 g/mol. The first-order valence-electron chi connectivity index (χ1n) is 9.27. The van der Waals surface area contributed by atoms with Crippen LogP contribution in [0.4, 0.5) is 11.4 Å². The summed E-state index contributed by atoms with van der Waals surface area (Å²) in [6, 6.07) is 13.2. The lowest BCUT2D eigenvalue weighted by atomic mass is 10.2. The van der Waals surface area contributed by atoms with Crippen LogP contribution in [0.3, 0.4) is 0 Å². The summed E-state index contributed by atoms with van der Waals surface area (Å²) in [6.07, 6.45) is 1.59. The maximum Gasteiger partial charge on any atom is 0.278 e. The zero-order chi connectivity index (χ0) is 22.0. The summed E-state index contributed by atoms with van der Waals surface area (Å²) in [5, 5.41) is 14.7. The Balaban J connectivity index is 1.62. The molecule has 0 aliphatic carbocycles. The molecule has 31 heavy (non-hydrogen) atoms. The van der Waals surface area contributed by atoms with E-state index >= 15 is 0 Å². The maximum absolute atomic E-state index is 13.0. The summed E-state index contributed by atoms with van der Waals surface area (Å²) in [7, 11) is 0. The molecule has 10 heteroatoms. The molecule has 0 bridgehead atoms. The number of nitro groups is 1. The fraction of sp³-hybridized carbons (Fsp3) is 0.0952. The van der Waals surface area contributed by atoms with E-state index in [4.69, 9.17) is 0 Å². The molecule has 0 radical (unpaired) electrons. The number of aromatic amines is 1. The molecule has 4 aromatic rings. The molecule has 1 amide bonds. The van der Waals surface area contributed by atoms with E-state index in [1.54, 1.807) is 12.1 Å². The number of benzene rings is 2.